The van der Waals surface area contributed by atoms with Gasteiger partial charge in [0, 0.05) is 13.0 Å². The van der Waals surface area contributed by atoms with Gasteiger partial charge in [-0.1, -0.05) is 42.5 Å². The highest BCUT2D eigenvalue weighted by molar-refractivity contribution is 6.01. The summed E-state index contributed by atoms with van der Waals surface area (Å²) in [5.41, 5.74) is 4.11. The average Bonchev–Trinajstić information content (AvgIpc) is 3.05. The number of hydrogen-bond donors (Lipinski definition) is 1. The fraction of sp³-hybridized carbons (Fsp3) is 0.300. The number of nitrogens with one attached hydrogen (secondary N) is 1. The van der Waals surface area contributed by atoms with Gasteiger partial charge in [0.25, 0.3) is 0 Å². The molecule has 0 bridgehead atoms. The number of anilines is 1. The number of hydrogen-bond acceptors (Lipinski definition) is 4. The Balaban J connectivity index is 1.58. The predicted octanol–water partition coefficient (Wildman–Crippen LogP) is 2.69. The van der Waals surface area contributed by atoms with Crippen LogP contribution in [-0.2, 0) is 21.0 Å². The van der Waals surface area contributed by atoms with Crippen molar-refractivity contribution in [1.29, 1.82) is 0 Å². The third-order valence-corrected chi connectivity index (χ3v) is 4.21. The Morgan fingerprint density at radius 2 is 1.88 bits per heavy atom. The lowest BCUT2D eigenvalue weighted by molar-refractivity contribution is -0.138. The van der Waals surface area contributed by atoms with Gasteiger partial charge in [0.05, 0.1) is 24.8 Å². The van der Waals surface area contributed by atoms with Gasteiger partial charge in [-0.2, -0.15) is 0 Å². The second-order valence-corrected chi connectivity index (χ2v) is 6.05. The van der Waals surface area contributed by atoms with Crippen LogP contribution in [-0.4, -0.2) is 25.0 Å². The third kappa shape index (κ3) is 4.21. The number of rotatable bonds is 7. The lowest BCUT2D eigenvalue weighted by Crippen LogP contribution is -2.33. The molecule has 6 nitrogen and oxygen atoms in total. The van der Waals surface area contributed by atoms with Crippen LogP contribution in [0.15, 0.2) is 54.6 Å². The highest BCUT2D eigenvalue weighted by Gasteiger charge is 2.36. The van der Waals surface area contributed by atoms with Gasteiger partial charge >= 0.3 is 0 Å². The predicted molar refractivity (Wildman–Crippen MR) is 97.4 cm³/mol. The van der Waals surface area contributed by atoms with Gasteiger partial charge in [0.15, 0.2) is 0 Å². The molecule has 1 aliphatic heterocycles. The van der Waals surface area contributed by atoms with Crippen LogP contribution < -0.4 is 15.1 Å². The summed E-state index contributed by atoms with van der Waals surface area (Å²) < 4.78 is 5.59. The second-order valence-electron chi connectivity index (χ2n) is 6.05. The van der Waals surface area contributed by atoms with Crippen LogP contribution in [0.1, 0.15) is 18.9 Å². The zero-order valence-electron chi connectivity index (χ0n) is 14.7. The Kier molecular flexibility index (Phi) is 5.86. The number of para-hydroxylation sites is 2. The first-order chi connectivity index (χ1) is 12.7. The van der Waals surface area contributed by atoms with Crippen LogP contribution in [0.4, 0.5) is 5.69 Å². The molecular formula is C20H22N2O4. The van der Waals surface area contributed by atoms with E-state index in [4.69, 9.17) is 9.57 Å². The molecule has 2 amide bonds. The van der Waals surface area contributed by atoms with Crippen LogP contribution in [0.3, 0.4) is 0 Å². The van der Waals surface area contributed by atoms with Gasteiger partial charge in [-0.25, -0.2) is 5.48 Å². The molecule has 0 aromatic heterocycles. The second kappa shape index (κ2) is 8.49. The van der Waals surface area contributed by atoms with Crippen LogP contribution in [0.5, 0.6) is 5.75 Å². The minimum absolute atomic E-state index is 0.0969. The Hall–Kier alpha value is -2.86. The molecule has 3 rings (SSSR count). The maximum absolute atomic E-state index is 12.4. The van der Waals surface area contributed by atoms with Gasteiger partial charge in [-0.05, 0) is 24.6 Å². The van der Waals surface area contributed by atoms with E-state index in [-0.39, 0.29) is 24.8 Å². The summed E-state index contributed by atoms with van der Waals surface area (Å²) in [6.07, 6.45) is 0.154. The smallest absolute Gasteiger partial charge is 0.248 e. The number of nitrogens with zero attached hydrogens (tertiary/aromatic N) is 1. The Bertz CT molecular complexity index is 763. The first kappa shape index (κ1) is 17.9. The minimum atomic E-state index is -0.451. The van der Waals surface area contributed by atoms with E-state index in [1.807, 2.05) is 61.5 Å². The van der Waals surface area contributed by atoms with Crippen LogP contribution in [0, 0.1) is 5.92 Å². The molecule has 1 unspecified atom stereocenters. The monoisotopic (exact) mass is 354 g/mol. The molecule has 1 aliphatic rings. The van der Waals surface area contributed by atoms with Gasteiger partial charge in [-0.15, -0.1) is 0 Å². The first-order valence-corrected chi connectivity index (χ1v) is 8.66. The summed E-state index contributed by atoms with van der Waals surface area (Å²) in [4.78, 5) is 31.6. The lowest BCUT2D eigenvalue weighted by atomic mass is 10.1. The molecule has 0 aliphatic carbocycles. The Morgan fingerprint density at radius 3 is 2.65 bits per heavy atom. The van der Waals surface area contributed by atoms with Gasteiger partial charge in [0.2, 0.25) is 11.8 Å². The maximum atomic E-state index is 12.4. The molecule has 0 spiro atoms. The zero-order chi connectivity index (χ0) is 18.4. The van der Waals surface area contributed by atoms with Crippen molar-refractivity contribution in [1.82, 2.24) is 5.48 Å². The molecule has 2 aromatic rings. The topological polar surface area (TPSA) is 67.9 Å². The van der Waals surface area contributed by atoms with E-state index in [0.29, 0.717) is 24.6 Å². The summed E-state index contributed by atoms with van der Waals surface area (Å²) in [6.45, 7) is 2.99. The van der Waals surface area contributed by atoms with Crippen molar-refractivity contribution in [2.75, 3.05) is 18.1 Å². The summed E-state index contributed by atoms with van der Waals surface area (Å²) in [7, 11) is 0. The van der Waals surface area contributed by atoms with E-state index >= 15 is 0 Å². The van der Waals surface area contributed by atoms with Gasteiger partial charge < -0.3 is 9.64 Å². The van der Waals surface area contributed by atoms with E-state index in [1.54, 1.807) is 4.90 Å². The normalized spacial score (nSPS) is 16.6. The standard InChI is InChI=1S/C20H22N2O4/c1-2-25-18-11-7-6-10-17(18)22-13-16(12-19(22)23)20(24)21-26-14-15-8-4-3-5-9-15/h3-11,16H,2,12-14H2,1H3,(H,21,24). The average molecular weight is 354 g/mol. The van der Waals surface area contributed by atoms with Crippen molar-refractivity contribution in [2.24, 2.45) is 5.92 Å². The summed E-state index contributed by atoms with van der Waals surface area (Å²) in [6, 6.07) is 16.9. The van der Waals surface area contributed by atoms with Crippen LogP contribution in [0.25, 0.3) is 0 Å². The van der Waals surface area contributed by atoms with Crippen molar-refractivity contribution in [3.05, 3.63) is 60.2 Å². The third-order valence-electron chi connectivity index (χ3n) is 4.21. The van der Waals surface area contributed by atoms with E-state index in [0.717, 1.165) is 5.56 Å². The highest BCUT2D eigenvalue weighted by Crippen LogP contribution is 2.33. The fourth-order valence-corrected chi connectivity index (χ4v) is 2.92. The molecule has 136 valence electrons. The molecule has 0 radical (unpaired) electrons. The molecule has 1 heterocycles. The molecular weight excluding hydrogens is 332 g/mol. The van der Waals surface area contributed by atoms with E-state index in [2.05, 4.69) is 5.48 Å². The van der Waals surface area contributed by atoms with Crippen molar-refractivity contribution in [2.45, 2.75) is 20.0 Å². The van der Waals surface area contributed by atoms with Crippen molar-refractivity contribution in [3.63, 3.8) is 0 Å². The van der Waals surface area contributed by atoms with E-state index in [1.165, 1.54) is 0 Å². The van der Waals surface area contributed by atoms with Crippen molar-refractivity contribution < 1.29 is 19.2 Å². The van der Waals surface area contributed by atoms with Crippen LogP contribution >= 0.6 is 0 Å². The number of benzene rings is 2. The van der Waals surface area contributed by atoms with E-state index < -0.39 is 5.92 Å². The molecule has 1 fully saturated rings. The molecule has 1 N–H and O–H groups in total. The fourth-order valence-electron chi connectivity index (χ4n) is 2.92. The molecule has 0 saturated carbocycles. The molecule has 1 atom stereocenters. The minimum Gasteiger partial charge on any atom is -0.492 e. The summed E-state index contributed by atoms with van der Waals surface area (Å²) in [5.74, 6) is -0.191. The first-order valence-electron chi connectivity index (χ1n) is 8.66. The van der Waals surface area contributed by atoms with Crippen molar-refractivity contribution in [3.8, 4) is 5.75 Å². The SMILES string of the molecule is CCOc1ccccc1N1CC(C(=O)NOCc2ccccc2)CC1=O. The number of ether oxygens (including phenoxy) is 1. The van der Waals surface area contributed by atoms with Crippen LogP contribution in [0.2, 0.25) is 0 Å². The largest absolute Gasteiger partial charge is 0.492 e. The summed E-state index contributed by atoms with van der Waals surface area (Å²) in [5, 5.41) is 0. The lowest BCUT2D eigenvalue weighted by Gasteiger charge is -2.20. The Labute approximate surface area is 152 Å². The zero-order valence-corrected chi connectivity index (χ0v) is 14.7. The molecule has 6 heteroatoms. The van der Waals surface area contributed by atoms with Gasteiger partial charge in [0.1, 0.15) is 5.75 Å². The number of carbonyl (C=O) groups is 2. The number of carbonyl (C=O) groups excluding carboxylic acids is 2. The summed E-state index contributed by atoms with van der Waals surface area (Å²) >= 11 is 0. The maximum Gasteiger partial charge on any atom is 0.248 e. The van der Waals surface area contributed by atoms with E-state index in [9.17, 15) is 9.59 Å². The Morgan fingerprint density at radius 1 is 1.15 bits per heavy atom. The molecule has 26 heavy (non-hydrogen) atoms. The van der Waals surface area contributed by atoms with Crippen molar-refractivity contribution >= 4 is 17.5 Å². The molecule has 2 aromatic carbocycles. The number of hydroxylamine groups is 1. The molecule has 1 saturated heterocycles. The number of amides is 2. The quantitative estimate of drug-likeness (QED) is 0.776. The van der Waals surface area contributed by atoms with Gasteiger partial charge in [-0.3, -0.25) is 14.4 Å². The highest BCUT2D eigenvalue weighted by atomic mass is 16.6.